The molecule has 0 saturated carbocycles. The van der Waals surface area contributed by atoms with Gasteiger partial charge in [0.15, 0.2) is 0 Å². The van der Waals surface area contributed by atoms with Crippen LogP contribution in [0.5, 0.6) is 0 Å². The zero-order valence-corrected chi connectivity index (χ0v) is 12.6. The van der Waals surface area contributed by atoms with Crippen LogP contribution in [0, 0.1) is 0 Å². The van der Waals surface area contributed by atoms with E-state index in [4.69, 9.17) is 4.74 Å². The van der Waals surface area contributed by atoms with E-state index in [1.807, 2.05) is 7.11 Å². The van der Waals surface area contributed by atoms with E-state index in [0.717, 1.165) is 19.4 Å². The quantitative estimate of drug-likeness (QED) is 0.551. The molecule has 2 nitrogen and oxygen atoms in total. The van der Waals surface area contributed by atoms with Crippen LogP contribution in [0.25, 0.3) is 0 Å². The van der Waals surface area contributed by atoms with Crippen LogP contribution < -0.4 is 5.32 Å². The first-order chi connectivity index (χ1) is 8.20. The van der Waals surface area contributed by atoms with E-state index in [-0.39, 0.29) is 5.60 Å². The van der Waals surface area contributed by atoms with Gasteiger partial charge in [0, 0.05) is 13.2 Å². The van der Waals surface area contributed by atoms with Gasteiger partial charge in [-0.15, -0.1) is 0 Å². The predicted molar refractivity (Wildman–Crippen MR) is 76.5 cm³/mol. The molecule has 0 bridgehead atoms. The van der Waals surface area contributed by atoms with Crippen LogP contribution in [0.2, 0.25) is 0 Å². The van der Waals surface area contributed by atoms with Crippen molar-refractivity contribution in [3.63, 3.8) is 0 Å². The molecule has 17 heavy (non-hydrogen) atoms. The minimum absolute atomic E-state index is 0.0300. The Labute approximate surface area is 109 Å². The number of nitrogens with one attached hydrogen (secondary N) is 1. The summed E-state index contributed by atoms with van der Waals surface area (Å²) >= 11 is 0. The minimum atomic E-state index is 0.0300. The van der Waals surface area contributed by atoms with Gasteiger partial charge in [-0.2, -0.15) is 0 Å². The van der Waals surface area contributed by atoms with Crippen molar-refractivity contribution in [2.75, 3.05) is 13.7 Å². The molecule has 0 saturated heterocycles. The Bertz CT molecular complexity index is 158. The Morgan fingerprint density at radius 1 is 1.00 bits per heavy atom. The fourth-order valence-corrected chi connectivity index (χ4v) is 2.75. The monoisotopic (exact) mass is 243 g/mol. The smallest absolute Gasteiger partial charge is 0.0825 e. The third kappa shape index (κ3) is 5.39. The summed E-state index contributed by atoms with van der Waals surface area (Å²) in [4.78, 5) is 0. The molecule has 0 fully saturated rings. The highest BCUT2D eigenvalue weighted by atomic mass is 16.5. The summed E-state index contributed by atoms with van der Waals surface area (Å²) in [6.07, 6.45) is 8.75. The summed E-state index contributed by atoms with van der Waals surface area (Å²) < 4.78 is 5.85. The van der Waals surface area contributed by atoms with Crippen LogP contribution in [0.1, 0.15) is 72.6 Å². The van der Waals surface area contributed by atoms with Crippen molar-refractivity contribution in [3.8, 4) is 0 Å². The summed E-state index contributed by atoms with van der Waals surface area (Å²) in [7, 11) is 1.86. The van der Waals surface area contributed by atoms with Gasteiger partial charge in [0.2, 0.25) is 0 Å². The molecule has 0 aromatic carbocycles. The van der Waals surface area contributed by atoms with Crippen molar-refractivity contribution in [1.29, 1.82) is 0 Å². The van der Waals surface area contributed by atoms with E-state index in [9.17, 15) is 0 Å². The molecular weight excluding hydrogens is 210 g/mol. The van der Waals surface area contributed by atoms with E-state index in [2.05, 4.69) is 33.0 Å². The molecule has 0 heterocycles. The van der Waals surface area contributed by atoms with E-state index in [1.54, 1.807) is 0 Å². The van der Waals surface area contributed by atoms with Crippen molar-refractivity contribution in [2.45, 2.75) is 84.3 Å². The lowest BCUT2D eigenvalue weighted by atomic mass is 9.85. The molecule has 0 amide bonds. The Kier molecular flexibility index (Phi) is 9.85. The normalized spacial score (nSPS) is 13.9. The Hall–Kier alpha value is -0.0800. The number of rotatable bonds is 11. The standard InChI is InChI=1S/C15H33NO/c1-6-10-11-12-13-14(16-9-4)15(7-2,8-3)17-5/h14,16H,6-13H2,1-5H3. The van der Waals surface area contributed by atoms with Gasteiger partial charge in [-0.3, -0.25) is 0 Å². The summed E-state index contributed by atoms with van der Waals surface area (Å²) in [5.41, 5.74) is 0.0300. The van der Waals surface area contributed by atoms with Gasteiger partial charge in [0.05, 0.1) is 5.60 Å². The highest BCUT2D eigenvalue weighted by molar-refractivity contribution is 4.91. The molecule has 1 N–H and O–H groups in total. The van der Waals surface area contributed by atoms with E-state index >= 15 is 0 Å². The lowest BCUT2D eigenvalue weighted by Crippen LogP contribution is -2.51. The maximum absolute atomic E-state index is 5.85. The number of unbranched alkanes of at least 4 members (excludes halogenated alkanes) is 3. The molecule has 1 atom stereocenters. The second-order valence-electron chi connectivity index (χ2n) is 4.94. The Morgan fingerprint density at radius 3 is 2.06 bits per heavy atom. The third-order valence-electron chi connectivity index (χ3n) is 4.04. The summed E-state index contributed by atoms with van der Waals surface area (Å²) in [6.45, 7) is 9.96. The molecule has 0 aromatic rings. The molecule has 0 aromatic heterocycles. The first kappa shape index (κ1) is 16.9. The van der Waals surface area contributed by atoms with Gasteiger partial charge in [0.25, 0.3) is 0 Å². The molecule has 0 aliphatic carbocycles. The highest BCUT2D eigenvalue weighted by Crippen LogP contribution is 2.27. The first-order valence-electron chi connectivity index (χ1n) is 7.49. The van der Waals surface area contributed by atoms with Crippen molar-refractivity contribution >= 4 is 0 Å². The summed E-state index contributed by atoms with van der Waals surface area (Å²) in [5, 5.41) is 3.63. The average molecular weight is 243 g/mol. The predicted octanol–water partition coefficient (Wildman–Crippen LogP) is 4.14. The van der Waals surface area contributed by atoms with Crippen LogP contribution in [-0.2, 0) is 4.74 Å². The van der Waals surface area contributed by atoms with Gasteiger partial charge in [-0.25, -0.2) is 0 Å². The van der Waals surface area contributed by atoms with Crippen LogP contribution in [0.4, 0.5) is 0 Å². The molecule has 0 rings (SSSR count). The van der Waals surface area contributed by atoms with Crippen molar-refractivity contribution in [3.05, 3.63) is 0 Å². The fourth-order valence-electron chi connectivity index (χ4n) is 2.75. The zero-order chi connectivity index (χ0) is 13.1. The third-order valence-corrected chi connectivity index (χ3v) is 4.04. The topological polar surface area (TPSA) is 21.3 Å². The van der Waals surface area contributed by atoms with Crippen molar-refractivity contribution in [1.82, 2.24) is 5.32 Å². The summed E-state index contributed by atoms with van der Waals surface area (Å²) in [5.74, 6) is 0. The second kappa shape index (κ2) is 9.90. The average Bonchev–Trinajstić information content (AvgIpc) is 2.37. The fraction of sp³-hybridized carbons (Fsp3) is 1.00. The SMILES string of the molecule is CCCCCCC(NCC)C(CC)(CC)OC. The molecule has 0 radical (unpaired) electrons. The molecule has 2 heteroatoms. The van der Waals surface area contributed by atoms with Gasteiger partial charge in [0.1, 0.15) is 0 Å². The minimum Gasteiger partial charge on any atom is -0.377 e. The molecule has 104 valence electrons. The number of methoxy groups -OCH3 is 1. The Morgan fingerprint density at radius 2 is 1.65 bits per heavy atom. The van der Waals surface area contributed by atoms with Crippen LogP contribution >= 0.6 is 0 Å². The van der Waals surface area contributed by atoms with E-state index in [0.29, 0.717) is 6.04 Å². The molecule has 0 aliphatic heterocycles. The number of hydrogen-bond acceptors (Lipinski definition) is 2. The molecule has 1 unspecified atom stereocenters. The number of likely N-dealkylation sites (N-methyl/N-ethyl adjacent to an activating group) is 1. The van der Waals surface area contributed by atoms with E-state index in [1.165, 1.54) is 32.1 Å². The maximum atomic E-state index is 5.85. The molecule has 0 spiro atoms. The van der Waals surface area contributed by atoms with Crippen LogP contribution in [0.15, 0.2) is 0 Å². The van der Waals surface area contributed by atoms with Crippen LogP contribution in [-0.4, -0.2) is 25.3 Å². The maximum Gasteiger partial charge on any atom is 0.0825 e. The lowest BCUT2D eigenvalue weighted by molar-refractivity contribution is -0.0495. The number of hydrogen-bond donors (Lipinski definition) is 1. The van der Waals surface area contributed by atoms with E-state index < -0.39 is 0 Å². The van der Waals surface area contributed by atoms with Gasteiger partial charge in [-0.05, 0) is 25.8 Å². The van der Waals surface area contributed by atoms with Gasteiger partial charge < -0.3 is 10.1 Å². The van der Waals surface area contributed by atoms with Gasteiger partial charge in [-0.1, -0.05) is 53.4 Å². The first-order valence-corrected chi connectivity index (χ1v) is 7.49. The zero-order valence-electron chi connectivity index (χ0n) is 12.6. The van der Waals surface area contributed by atoms with Crippen LogP contribution in [0.3, 0.4) is 0 Å². The largest absolute Gasteiger partial charge is 0.377 e. The Balaban J connectivity index is 4.35. The highest BCUT2D eigenvalue weighted by Gasteiger charge is 2.34. The number of ether oxygens (including phenoxy) is 1. The van der Waals surface area contributed by atoms with Gasteiger partial charge >= 0.3 is 0 Å². The molecule has 0 aliphatic rings. The second-order valence-corrected chi connectivity index (χ2v) is 4.94. The van der Waals surface area contributed by atoms with Crippen molar-refractivity contribution < 1.29 is 4.74 Å². The molecular formula is C15H33NO. The summed E-state index contributed by atoms with van der Waals surface area (Å²) in [6, 6.07) is 0.504. The van der Waals surface area contributed by atoms with Crippen molar-refractivity contribution in [2.24, 2.45) is 0 Å². The lowest BCUT2D eigenvalue weighted by Gasteiger charge is -2.39.